The van der Waals surface area contributed by atoms with Crippen molar-refractivity contribution in [3.63, 3.8) is 0 Å². The Kier molecular flexibility index (Phi) is 14.3. The lowest BCUT2D eigenvalue weighted by atomic mass is 10.0. The van der Waals surface area contributed by atoms with E-state index in [1.54, 1.807) is 6.92 Å². The van der Waals surface area contributed by atoms with Crippen LogP contribution in [0.4, 0.5) is 0 Å². The quantitative estimate of drug-likeness (QED) is 0.359. The highest BCUT2D eigenvalue weighted by molar-refractivity contribution is 6.20. The molecule has 0 rings (SSSR count). The Bertz CT molecular complexity index is 197. The van der Waals surface area contributed by atoms with Gasteiger partial charge >= 0.3 is 0 Å². The summed E-state index contributed by atoms with van der Waals surface area (Å²) in [6.07, 6.45) is 11.4. The first kappa shape index (κ1) is 20.2. The van der Waals surface area contributed by atoms with Gasteiger partial charge in [0, 0.05) is 11.9 Å². The zero-order valence-electron chi connectivity index (χ0n) is 13.8. The molecule has 0 heterocycles. The fourth-order valence-corrected chi connectivity index (χ4v) is 2.60. The van der Waals surface area contributed by atoms with Gasteiger partial charge in [-0.2, -0.15) is 0 Å². The summed E-state index contributed by atoms with van der Waals surface area (Å²) >= 11 is 6.29. The molecule has 0 aliphatic heterocycles. The average Bonchev–Trinajstić information content (AvgIpc) is 2.37. The number of rotatable bonds is 14. The predicted octanol–water partition coefficient (Wildman–Crippen LogP) is 4.73. The van der Waals surface area contributed by atoms with E-state index in [4.69, 9.17) is 16.7 Å². The van der Waals surface area contributed by atoms with Crippen LogP contribution in [0, 0.1) is 5.92 Å². The molecule has 122 valence electrons. The predicted molar refractivity (Wildman–Crippen MR) is 90.6 cm³/mol. The zero-order chi connectivity index (χ0) is 15.2. The average molecular weight is 306 g/mol. The summed E-state index contributed by atoms with van der Waals surface area (Å²) in [5.74, 6) is 0.856. The second-order valence-electron chi connectivity index (χ2n) is 6.53. The molecule has 0 fully saturated rings. The van der Waals surface area contributed by atoms with Crippen LogP contribution >= 0.6 is 11.6 Å². The third-order valence-corrected chi connectivity index (χ3v) is 4.06. The third-order valence-electron chi connectivity index (χ3n) is 3.62. The van der Waals surface area contributed by atoms with Crippen molar-refractivity contribution in [2.75, 3.05) is 13.1 Å². The molecule has 0 aliphatic rings. The summed E-state index contributed by atoms with van der Waals surface area (Å²) in [5, 5.41) is 12.6. The van der Waals surface area contributed by atoms with E-state index >= 15 is 0 Å². The first-order chi connectivity index (χ1) is 9.52. The van der Waals surface area contributed by atoms with Crippen LogP contribution in [-0.2, 0) is 0 Å². The Morgan fingerprint density at radius 1 is 0.850 bits per heavy atom. The van der Waals surface area contributed by atoms with Crippen LogP contribution in [0.1, 0.15) is 78.6 Å². The highest BCUT2D eigenvalue weighted by atomic mass is 35.5. The molecular weight excluding hydrogens is 270 g/mol. The van der Waals surface area contributed by atoms with Gasteiger partial charge in [0.25, 0.3) is 0 Å². The van der Waals surface area contributed by atoms with E-state index in [1.807, 2.05) is 0 Å². The molecule has 2 unspecified atom stereocenters. The summed E-state index contributed by atoms with van der Waals surface area (Å²) in [5.41, 5.74) is 0. The molecule has 3 heteroatoms. The number of halogens is 1. The fourth-order valence-electron chi connectivity index (χ4n) is 2.34. The van der Waals surface area contributed by atoms with Crippen molar-refractivity contribution in [1.82, 2.24) is 5.32 Å². The Balaban J connectivity index is 3.17. The molecule has 0 spiro atoms. The minimum atomic E-state index is -0.264. The molecule has 2 atom stereocenters. The first-order valence-electron chi connectivity index (χ1n) is 8.55. The van der Waals surface area contributed by atoms with Crippen LogP contribution < -0.4 is 5.32 Å². The van der Waals surface area contributed by atoms with Gasteiger partial charge in [0.2, 0.25) is 0 Å². The van der Waals surface area contributed by atoms with Gasteiger partial charge in [-0.15, -0.1) is 11.6 Å². The van der Waals surface area contributed by atoms with Crippen molar-refractivity contribution in [2.45, 2.75) is 90.0 Å². The zero-order valence-corrected chi connectivity index (χ0v) is 14.6. The number of unbranched alkanes of at least 4 members (excludes halogenated alkanes) is 5. The highest BCUT2D eigenvalue weighted by Gasteiger charge is 2.04. The van der Waals surface area contributed by atoms with E-state index in [1.165, 1.54) is 44.9 Å². The van der Waals surface area contributed by atoms with Crippen molar-refractivity contribution in [2.24, 2.45) is 5.92 Å². The summed E-state index contributed by atoms with van der Waals surface area (Å²) < 4.78 is 0. The molecular formula is C17H36ClNO. The molecule has 20 heavy (non-hydrogen) atoms. The van der Waals surface area contributed by atoms with E-state index in [2.05, 4.69) is 19.2 Å². The van der Waals surface area contributed by atoms with Gasteiger partial charge in [-0.25, -0.2) is 0 Å². The Labute approximate surface area is 131 Å². The number of aliphatic hydroxyl groups is 1. The number of alkyl halides is 1. The Hall–Kier alpha value is 0.210. The minimum absolute atomic E-state index is 0.264. The topological polar surface area (TPSA) is 32.3 Å². The normalized spacial score (nSPS) is 14.7. The molecule has 0 bridgehead atoms. The maximum Gasteiger partial charge on any atom is 0.0636 e. The number of hydrogen-bond donors (Lipinski definition) is 2. The Morgan fingerprint density at radius 2 is 1.40 bits per heavy atom. The second kappa shape index (κ2) is 14.2. The van der Waals surface area contributed by atoms with Crippen LogP contribution in [0.3, 0.4) is 0 Å². The third kappa shape index (κ3) is 16.3. The molecule has 0 aromatic carbocycles. The number of aliphatic hydroxyl groups excluding tert-OH is 1. The van der Waals surface area contributed by atoms with Gasteiger partial charge < -0.3 is 10.4 Å². The largest absolute Gasteiger partial charge is 0.392 e. The molecule has 0 aromatic rings. The molecule has 0 radical (unpaired) electrons. The van der Waals surface area contributed by atoms with Crippen LogP contribution in [0.15, 0.2) is 0 Å². The summed E-state index contributed by atoms with van der Waals surface area (Å²) in [4.78, 5) is 0. The second-order valence-corrected chi connectivity index (χ2v) is 7.15. The van der Waals surface area contributed by atoms with Crippen LogP contribution in [0.2, 0.25) is 0 Å². The lowest BCUT2D eigenvalue weighted by Gasteiger charge is -2.11. The monoisotopic (exact) mass is 305 g/mol. The van der Waals surface area contributed by atoms with Crippen LogP contribution in [-0.4, -0.2) is 29.7 Å². The van der Waals surface area contributed by atoms with Gasteiger partial charge in [-0.1, -0.05) is 58.8 Å². The standard InChI is InChI=1S/C17H36ClNO/c1-15(2)10-8-6-4-5-7-9-11-17(18)12-13-19-14-16(3)20/h15-17,19-20H,4-14H2,1-3H3. The smallest absolute Gasteiger partial charge is 0.0636 e. The summed E-state index contributed by atoms with van der Waals surface area (Å²) in [6.45, 7) is 7.98. The summed E-state index contributed by atoms with van der Waals surface area (Å²) in [6, 6.07) is 0. The van der Waals surface area contributed by atoms with E-state index in [0.29, 0.717) is 6.54 Å². The highest BCUT2D eigenvalue weighted by Crippen LogP contribution is 2.15. The van der Waals surface area contributed by atoms with Gasteiger partial charge in [0.1, 0.15) is 0 Å². The molecule has 0 saturated carbocycles. The molecule has 0 aliphatic carbocycles. The number of nitrogens with one attached hydrogen (secondary N) is 1. The van der Waals surface area contributed by atoms with E-state index in [-0.39, 0.29) is 11.5 Å². The van der Waals surface area contributed by atoms with Crippen molar-refractivity contribution in [3.8, 4) is 0 Å². The van der Waals surface area contributed by atoms with Crippen LogP contribution in [0.5, 0.6) is 0 Å². The summed E-state index contributed by atoms with van der Waals surface area (Å²) in [7, 11) is 0. The van der Waals surface area contributed by atoms with E-state index in [0.717, 1.165) is 25.3 Å². The number of hydrogen-bond acceptors (Lipinski definition) is 2. The first-order valence-corrected chi connectivity index (χ1v) is 8.99. The SMILES string of the molecule is CC(C)CCCCCCCCC(Cl)CCNCC(C)O. The maximum atomic E-state index is 9.11. The van der Waals surface area contributed by atoms with Gasteiger partial charge in [-0.05, 0) is 32.2 Å². The molecule has 0 saturated heterocycles. The van der Waals surface area contributed by atoms with Gasteiger partial charge in [0.15, 0.2) is 0 Å². The lowest BCUT2D eigenvalue weighted by Crippen LogP contribution is -2.26. The van der Waals surface area contributed by atoms with Crippen molar-refractivity contribution in [3.05, 3.63) is 0 Å². The van der Waals surface area contributed by atoms with Crippen molar-refractivity contribution >= 4 is 11.6 Å². The van der Waals surface area contributed by atoms with Crippen molar-refractivity contribution in [1.29, 1.82) is 0 Å². The Morgan fingerprint density at radius 3 is 1.95 bits per heavy atom. The molecule has 2 N–H and O–H groups in total. The molecule has 2 nitrogen and oxygen atoms in total. The van der Waals surface area contributed by atoms with Crippen molar-refractivity contribution < 1.29 is 5.11 Å². The van der Waals surface area contributed by atoms with Gasteiger partial charge in [0.05, 0.1) is 6.10 Å². The minimum Gasteiger partial charge on any atom is -0.392 e. The molecule has 0 amide bonds. The lowest BCUT2D eigenvalue weighted by molar-refractivity contribution is 0.191. The maximum absolute atomic E-state index is 9.11. The van der Waals surface area contributed by atoms with E-state index < -0.39 is 0 Å². The molecule has 0 aromatic heterocycles. The van der Waals surface area contributed by atoms with E-state index in [9.17, 15) is 0 Å². The fraction of sp³-hybridized carbons (Fsp3) is 1.00. The van der Waals surface area contributed by atoms with Gasteiger partial charge in [-0.3, -0.25) is 0 Å². The van der Waals surface area contributed by atoms with Crippen LogP contribution in [0.25, 0.3) is 0 Å².